The van der Waals surface area contributed by atoms with E-state index in [4.69, 9.17) is 15.0 Å². The number of hydrogen-bond acceptors (Lipinski definition) is 3. The summed E-state index contributed by atoms with van der Waals surface area (Å²) < 4.78 is 0. The SMILES string of the molecule is c1ccc(-c2cccc(-c3cccc4c3Cc3c(-c5ccc(-c6nc(-c7ccccc7)nc(-c7ccccc7)n6)cc5)cccc3-4)c2)cc1. The molecule has 0 radical (unpaired) electrons. The second-order valence-corrected chi connectivity index (χ2v) is 12.4. The minimum absolute atomic E-state index is 0.660. The lowest BCUT2D eigenvalue weighted by atomic mass is 9.93. The van der Waals surface area contributed by atoms with E-state index in [1.807, 2.05) is 60.7 Å². The van der Waals surface area contributed by atoms with E-state index in [1.54, 1.807) is 0 Å². The fraction of sp³-hybridized carbons (Fsp3) is 0.0217. The molecule has 0 N–H and O–H groups in total. The maximum Gasteiger partial charge on any atom is 0.164 e. The van der Waals surface area contributed by atoms with Gasteiger partial charge in [-0.2, -0.15) is 0 Å². The molecule has 3 heteroatoms. The van der Waals surface area contributed by atoms with E-state index in [1.165, 1.54) is 55.6 Å². The first-order valence-electron chi connectivity index (χ1n) is 16.7. The Labute approximate surface area is 286 Å². The van der Waals surface area contributed by atoms with Crippen LogP contribution in [0.1, 0.15) is 11.1 Å². The van der Waals surface area contributed by atoms with Crippen molar-refractivity contribution in [3.8, 4) is 78.7 Å². The lowest BCUT2D eigenvalue weighted by Gasteiger charge is -2.11. The summed E-state index contributed by atoms with van der Waals surface area (Å²) in [4.78, 5) is 14.7. The van der Waals surface area contributed by atoms with Crippen LogP contribution in [-0.4, -0.2) is 15.0 Å². The largest absolute Gasteiger partial charge is 0.208 e. The van der Waals surface area contributed by atoms with Gasteiger partial charge in [0.1, 0.15) is 0 Å². The van der Waals surface area contributed by atoms with Gasteiger partial charge in [-0.1, -0.05) is 170 Å². The van der Waals surface area contributed by atoms with Gasteiger partial charge in [-0.3, -0.25) is 0 Å². The molecule has 0 spiro atoms. The average molecular weight is 626 g/mol. The summed E-state index contributed by atoms with van der Waals surface area (Å²) in [5.41, 5.74) is 15.7. The van der Waals surface area contributed by atoms with Gasteiger partial charge in [-0.25, -0.2) is 15.0 Å². The Bertz CT molecular complexity index is 2380. The predicted octanol–water partition coefficient (Wildman–Crippen LogP) is 11.4. The first kappa shape index (κ1) is 28.7. The lowest BCUT2D eigenvalue weighted by Crippen LogP contribution is -2.00. The van der Waals surface area contributed by atoms with Crippen molar-refractivity contribution in [3.05, 3.63) is 187 Å². The molecule has 49 heavy (non-hydrogen) atoms. The van der Waals surface area contributed by atoms with E-state index in [-0.39, 0.29) is 0 Å². The van der Waals surface area contributed by atoms with Gasteiger partial charge in [0, 0.05) is 16.7 Å². The Hall–Kier alpha value is -6.45. The van der Waals surface area contributed by atoms with Crippen LogP contribution in [0.15, 0.2) is 176 Å². The minimum atomic E-state index is 0.660. The Morgan fingerprint density at radius 2 is 0.633 bits per heavy atom. The smallest absolute Gasteiger partial charge is 0.164 e. The first-order chi connectivity index (χ1) is 24.3. The molecule has 9 rings (SSSR count). The van der Waals surface area contributed by atoms with Crippen LogP contribution in [0.2, 0.25) is 0 Å². The van der Waals surface area contributed by atoms with Gasteiger partial charge in [-0.05, 0) is 68.1 Å². The molecule has 0 saturated heterocycles. The van der Waals surface area contributed by atoms with Crippen molar-refractivity contribution in [2.75, 3.05) is 0 Å². The number of rotatable bonds is 6. The Balaban J connectivity index is 1.07. The maximum atomic E-state index is 4.93. The molecule has 0 unspecified atom stereocenters. The van der Waals surface area contributed by atoms with Crippen molar-refractivity contribution < 1.29 is 0 Å². The normalized spacial score (nSPS) is 11.6. The zero-order valence-corrected chi connectivity index (χ0v) is 26.8. The highest BCUT2D eigenvalue weighted by atomic mass is 15.0. The zero-order chi connectivity index (χ0) is 32.6. The van der Waals surface area contributed by atoms with Gasteiger partial charge in [0.25, 0.3) is 0 Å². The zero-order valence-electron chi connectivity index (χ0n) is 26.8. The topological polar surface area (TPSA) is 38.7 Å². The fourth-order valence-corrected chi connectivity index (χ4v) is 7.01. The van der Waals surface area contributed by atoms with Crippen molar-refractivity contribution in [1.82, 2.24) is 15.0 Å². The molecular weight excluding hydrogens is 595 g/mol. The molecule has 3 nitrogen and oxygen atoms in total. The van der Waals surface area contributed by atoms with E-state index in [9.17, 15) is 0 Å². The van der Waals surface area contributed by atoms with Crippen LogP contribution in [0.25, 0.3) is 78.7 Å². The van der Waals surface area contributed by atoms with Gasteiger partial charge < -0.3 is 0 Å². The van der Waals surface area contributed by atoms with Crippen LogP contribution in [0.3, 0.4) is 0 Å². The average Bonchev–Trinajstić information content (AvgIpc) is 3.58. The number of benzene rings is 7. The molecule has 0 amide bonds. The van der Waals surface area contributed by atoms with Gasteiger partial charge in [-0.15, -0.1) is 0 Å². The standard InChI is InChI=1S/C46H31N3/c1-4-13-31(14-5-1)36-19-10-20-37(29-36)39-22-12-24-41-40-23-11-21-38(42(40)30-43(39)41)32-25-27-35(28-26-32)46-48-44(33-15-6-2-7-16-33)47-45(49-46)34-17-8-3-9-18-34/h1-29H,30H2. The number of hydrogen-bond donors (Lipinski definition) is 0. The molecular formula is C46H31N3. The molecule has 7 aromatic carbocycles. The molecule has 0 saturated carbocycles. The first-order valence-corrected chi connectivity index (χ1v) is 16.7. The van der Waals surface area contributed by atoms with E-state index >= 15 is 0 Å². The number of fused-ring (bicyclic) bond motifs is 3. The summed E-state index contributed by atoms with van der Waals surface area (Å²) in [5.74, 6) is 1.99. The second kappa shape index (κ2) is 12.3. The molecule has 8 aromatic rings. The second-order valence-electron chi connectivity index (χ2n) is 12.4. The number of nitrogens with zero attached hydrogens (tertiary/aromatic N) is 3. The number of aromatic nitrogens is 3. The van der Waals surface area contributed by atoms with E-state index in [0.717, 1.165) is 23.1 Å². The molecule has 0 atom stereocenters. The lowest BCUT2D eigenvalue weighted by molar-refractivity contribution is 1.07. The van der Waals surface area contributed by atoms with E-state index in [2.05, 4.69) is 115 Å². The molecule has 1 heterocycles. The molecule has 230 valence electrons. The van der Waals surface area contributed by atoms with Crippen LogP contribution in [0, 0.1) is 0 Å². The Kier molecular flexibility index (Phi) is 7.21. The van der Waals surface area contributed by atoms with Crippen LogP contribution in [0.5, 0.6) is 0 Å². The van der Waals surface area contributed by atoms with Gasteiger partial charge >= 0.3 is 0 Å². The Morgan fingerprint density at radius 1 is 0.265 bits per heavy atom. The highest BCUT2D eigenvalue weighted by Gasteiger charge is 2.24. The maximum absolute atomic E-state index is 4.93. The highest BCUT2D eigenvalue weighted by Crippen LogP contribution is 2.45. The van der Waals surface area contributed by atoms with Crippen LogP contribution in [0.4, 0.5) is 0 Å². The summed E-state index contributed by atoms with van der Waals surface area (Å²) in [6, 6.07) is 61.8. The predicted molar refractivity (Wildman–Crippen MR) is 201 cm³/mol. The van der Waals surface area contributed by atoms with Crippen LogP contribution >= 0.6 is 0 Å². The van der Waals surface area contributed by atoms with Gasteiger partial charge in [0.05, 0.1) is 0 Å². The highest BCUT2D eigenvalue weighted by molar-refractivity contribution is 5.90. The van der Waals surface area contributed by atoms with Gasteiger partial charge in [0.2, 0.25) is 0 Å². The monoisotopic (exact) mass is 625 g/mol. The molecule has 1 aliphatic carbocycles. The Morgan fingerprint density at radius 3 is 1.16 bits per heavy atom. The van der Waals surface area contributed by atoms with Crippen molar-refractivity contribution in [3.63, 3.8) is 0 Å². The quantitative estimate of drug-likeness (QED) is 0.185. The van der Waals surface area contributed by atoms with Crippen molar-refractivity contribution in [2.24, 2.45) is 0 Å². The molecule has 0 bridgehead atoms. The van der Waals surface area contributed by atoms with Gasteiger partial charge in [0.15, 0.2) is 17.5 Å². The molecule has 1 aromatic heterocycles. The van der Waals surface area contributed by atoms with Crippen LogP contribution < -0.4 is 0 Å². The van der Waals surface area contributed by atoms with Crippen LogP contribution in [-0.2, 0) is 6.42 Å². The third-order valence-corrected chi connectivity index (χ3v) is 9.43. The molecule has 0 aliphatic heterocycles. The third kappa shape index (κ3) is 5.42. The third-order valence-electron chi connectivity index (χ3n) is 9.43. The van der Waals surface area contributed by atoms with Crippen molar-refractivity contribution >= 4 is 0 Å². The molecule has 1 aliphatic rings. The summed E-state index contributed by atoms with van der Waals surface area (Å²) in [6.45, 7) is 0. The fourth-order valence-electron chi connectivity index (χ4n) is 7.01. The molecule has 0 fully saturated rings. The summed E-state index contributed by atoms with van der Waals surface area (Å²) in [7, 11) is 0. The van der Waals surface area contributed by atoms with E-state index in [0.29, 0.717) is 17.5 Å². The van der Waals surface area contributed by atoms with Crippen molar-refractivity contribution in [1.29, 1.82) is 0 Å². The summed E-state index contributed by atoms with van der Waals surface area (Å²) >= 11 is 0. The van der Waals surface area contributed by atoms with Crippen molar-refractivity contribution in [2.45, 2.75) is 6.42 Å². The summed E-state index contributed by atoms with van der Waals surface area (Å²) in [5, 5.41) is 0. The van der Waals surface area contributed by atoms with E-state index < -0.39 is 0 Å². The summed E-state index contributed by atoms with van der Waals surface area (Å²) in [6.07, 6.45) is 0.892. The minimum Gasteiger partial charge on any atom is -0.208 e.